The fourth-order valence-electron chi connectivity index (χ4n) is 4.30. The molecule has 0 saturated carbocycles. The molecule has 0 aromatic heterocycles. The summed E-state index contributed by atoms with van der Waals surface area (Å²) in [6.45, 7) is 5.67. The third-order valence-corrected chi connectivity index (χ3v) is 5.36. The maximum absolute atomic E-state index is 13.2. The van der Waals surface area contributed by atoms with E-state index in [4.69, 9.17) is 4.74 Å². The lowest BCUT2D eigenvalue weighted by atomic mass is 9.84. The summed E-state index contributed by atoms with van der Waals surface area (Å²) in [5.41, 5.74) is 1.25. The van der Waals surface area contributed by atoms with Crippen LogP contribution in [-0.2, 0) is 4.74 Å². The standard InChI is InChI=1S/C21H30N2O3/c1-21(2,3)26-20(25)23-15-10-11-16(23)13-14(12-15)19(24)17-8-6-7-9-18(17)22(4)5/h6-9,14-16H,10-13H2,1-5H3. The maximum Gasteiger partial charge on any atom is 0.410 e. The molecule has 2 fully saturated rings. The first-order valence-electron chi connectivity index (χ1n) is 9.49. The summed E-state index contributed by atoms with van der Waals surface area (Å²) in [6.07, 6.45) is 3.16. The number of ketones is 1. The molecule has 1 aromatic carbocycles. The predicted octanol–water partition coefficient (Wildman–Crippen LogP) is 4.11. The van der Waals surface area contributed by atoms with Crippen LogP contribution in [0.1, 0.15) is 56.8 Å². The van der Waals surface area contributed by atoms with Gasteiger partial charge in [0.15, 0.2) is 5.78 Å². The molecule has 0 radical (unpaired) electrons. The average molecular weight is 358 g/mol. The molecule has 2 bridgehead atoms. The highest BCUT2D eigenvalue weighted by Gasteiger charge is 2.46. The highest BCUT2D eigenvalue weighted by Crippen LogP contribution is 2.41. The average Bonchev–Trinajstić information content (AvgIpc) is 2.83. The fourth-order valence-corrected chi connectivity index (χ4v) is 4.30. The third-order valence-electron chi connectivity index (χ3n) is 5.36. The Morgan fingerprint density at radius 1 is 1.08 bits per heavy atom. The summed E-state index contributed by atoms with van der Waals surface area (Å²) in [5, 5.41) is 0. The first-order chi connectivity index (χ1) is 12.2. The van der Waals surface area contributed by atoms with Crippen molar-refractivity contribution in [1.82, 2.24) is 4.90 Å². The zero-order chi connectivity index (χ0) is 19.1. The van der Waals surface area contributed by atoms with E-state index in [-0.39, 0.29) is 29.9 Å². The highest BCUT2D eigenvalue weighted by molar-refractivity contribution is 6.03. The van der Waals surface area contributed by atoms with Crippen LogP contribution in [0.4, 0.5) is 10.5 Å². The maximum atomic E-state index is 13.2. The lowest BCUT2D eigenvalue weighted by Gasteiger charge is -2.39. The molecule has 5 heteroatoms. The van der Waals surface area contributed by atoms with E-state index in [0.29, 0.717) is 0 Å². The summed E-state index contributed by atoms with van der Waals surface area (Å²) in [7, 11) is 3.92. The molecule has 0 spiro atoms. The van der Waals surface area contributed by atoms with Crippen LogP contribution >= 0.6 is 0 Å². The Bertz CT molecular complexity index is 679. The van der Waals surface area contributed by atoms with Crippen LogP contribution in [0.3, 0.4) is 0 Å². The molecular formula is C21H30N2O3. The minimum atomic E-state index is -0.492. The Labute approximate surface area is 156 Å². The van der Waals surface area contributed by atoms with Crippen LogP contribution in [-0.4, -0.2) is 48.6 Å². The normalized spacial score (nSPS) is 25.1. The number of fused-ring (bicyclic) bond motifs is 2. The van der Waals surface area contributed by atoms with Crippen LogP contribution in [0.2, 0.25) is 0 Å². The number of rotatable bonds is 3. The van der Waals surface area contributed by atoms with Crippen molar-refractivity contribution in [1.29, 1.82) is 0 Å². The van der Waals surface area contributed by atoms with Crippen LogP contribution in [0.15, 0.2) is 24.3 Å². The molecule has 2 heterocycles. The number of ether oxygens (including phenoxy) is 1. The monoisotopic (exact) mass is 358 g/mol. The van der Waals surface area contributed by atoms with Crippen molar-refractivity contribution in [3.63, 3.8) is 0 Å². The van der Waals surface area contributed by atoms with Crippen molar-refractivity contribution >= 4 is 17.6 Å². The summed E-state index contributed by atoms with van der Waals surface area (Å²) >= 11 is 0. The number of anilines is 1. The van der Waals surface area contributed by atoms with Gasteiger partial charge in [0.1, 0.15) is 5.60 Å². The minimum absolute atomic E-state index is 0.0210. The molecule has 142 valence electrons. The smallest absolute Gasteiger partial charge is 0.410 e. The molecular weight excluding hydrogens is 328 g/mol. The highest BCUT2D eigenvalue weighted by atomic mass is 16.6. The summed E-state index contributed by atoms with van der Waals surface area (Å²) in [5.74, 6) is 0.183. The van der Waals surface area contributed by atoms with Gasteiger partial charge in [0.25, 0.3) is 0 Å². The molecule has 0 aliphatic carbocycles. The number of amides is 1. The van der Waals surface area contributed by atoms with Crippen LogP contribution in [0.5, 0.6) is 0 Å². The fraction of sp³-hybridized carbons (Fsp3) is 0.619. The number of Topliss-reactive ketones (excluding diaryl/α,β-unsaturated/α-hetero) is 1. The lowest BCUT2D eigenvalue weighted by molar-refractivity contribution is 0.00255. The molecule has 1 aromatic rings. The second-order valence-corrected chi connectivity index (χ2v) is 8.72. The molecule has 1 amide bonds. The number of carbonyl (C=O) groups is 2. The summed E-state index contributed by atoms with van der Waals surface area (Å²) in [6, 6.07) is 8.01. The van der Waals surface area contributed by atoms with Crippen molar-refractivity contribution < 1.29 is 14.3 Å². The third kappa shape index (κ3) is 3.71. The Morgan fingerprint density at radius 3 is 2.19 bits per heavy atom. The number of carbonyl (C=O) groups excluding carboxylic acids is 2. The summed E-state index contributed by atoms with van der Waals surface area (Å²) < 4.78 is 5.58. The van der Waals surface area contributed by atoms with Gasteiger partial charge < -0.3 is 14.5 Å². The van der Waals surface area contributed by atoms with Gasteiger partial charge in [-0.2, -0.15) is 0 Å². The van der Waals surface area contributed by atoms with Gasteiger partial charge in [-0.1, -0.05) is 12.1 Å². The Morgan fingerprint density at radius 2 is 1.65 bits per heavy atom. The number of piperidine rings is 1. The van der Waals surface area contributed by atoms with E-state index in [1.165, 1.54) is 0 Å². The van der Waals surface area contributed by atoms with E-state index in [9.17, 15) is 9.59 Å². The van der Waals surface area contributed by atoms with E-state index in [0.717, 1.165) is 36.9 Å². The van der Waals surface area contributed by atoms with Gasteiger partial charge in [-0.05, 0) is 58.6 Å². The Balaban J connectivity index is 1.75. The summed E-state index contributed by atoms with van der Waals surface area (Å²) in [4.78, 5) is 29.6. The van der Waals surface area contributed by atoms with Crippen molar-refractivity contribution in [3.8, 4) is 0 Å². The molecule has 2 aliphatic rings. The van der Waals surface area contributed by atoms with Gasteiger partial charge in [0.05, 0.1) is 0 Å². The molecule has 2 saturated heterocycles. The first kappa shape index (κ1) is 18.7. The van der Waals surface area contributed by atoms with Gasteiger partial charge >= 0.3 is 6.09 Å². The van der Waals surface area contributed by atoms with Crippen LogP contribution < -0.4 is 4.90 Å². The van der Waals surface area contributed by atoms with E-state index >= 15 is 0 Å². The molecule has 5 nitrogen and oxygen atoms in total. The van der Waals surface area contributed by atoms with E-state index < -0.39 is 5.60 Å². The number of nitrogens with zero attached hydrogens (tertiary/aromatic N) is 2. The first-order valence-corrected chi connectivity index (χ1v) is 9.49. The number of hydrogen-bond acceptors (Lipinski definition) is 4. The SMILES string of the molecule is CN(C)c1ccccc1C(=O)C1CC2CCC(C1)N2C(=O)OC(C)(C)C. The van der Waals surface area contributed by atoms with Gasteiger partial charge in [-0.3, -0.25) is 4.79 Å². The molecule has 26 heavy (non-hydrogen) atoms. The second-order valence-electron chi connectivity index (χ2n) is 8.72. The topological polar surface area (TPSA) is 49.9 Å². The molecule has 3 rings (SSSR count). The Hall–Kier alpha value is -2.04. The van der Waals surface area contributed by atoms with Crippen molar-refractivity contribution in [2.75, 3.05) is 19.0 Å². The van der Waals surface area contributed by atoms with Gasteiger partial charge in [0, 0.05) is 43.3 Å². The van der Waals surface area contributed by atoms with Gasteiger partial charge in [-0.15, -0.1) is 0 Å². The van der Waals surface area contributed by atoms with E-state index in [2.05, 4.69) is 0 Å². The largest absolute Gasteiger partial charge is 0.444 e. The number of benzene rings is 1. The zero-order valence-electron chi connectivity index (χ0n) is 16.5. The van der Waals surface area contributed by atoms with Crippen molar-refractivity contribution in [2.45, 2.75) is 64.1 Å². The Kier molecular flexibility index (Phi) is 5.00. The van der Waals surface area contributed by atoms with Crippen molar-refractivity contribution in [3.05, 3.63) is 29.8 Å². The number of hydrogen-bond donors (Lipinski definition) is 0. The second kappa shape index (κ2) is 6.93. The van der Waals surface area contributed by atoms with Gasteiger partial charge in [-0.25, -0.2) is 4.79 Å². The molecule has 2 unspecified atom stereocenters. The quantitative estimate of drug-likeness (QED) is 0.763. The lowest BCUT2D eigenvalue weighted by Crippen LogP contribution is -2.49. The molecule has 0 N–H and O–H groups in total. The van der Waals surface area contributed by atoms with Crippen molar-refractivity contribution in [2.24, 2.45) is 5.92 Å². The van der Waals surface area contributed by atoms with Crippen LogP contribution in [0.25, 0.3) is 0 Å². The minimum Gasteiger partial charge on any atom is -0.444 e. The van der Waals surface area contributed by atoms with Crippen LogP contribution in [0, 0.1) is 5.92 Å². The zero-order valence-corrected chi connectivity index (χ0v) is 16.5. The molecule has 2 aliphatic heterocycles. The van der Waals surface area contributed by atoms with Gasteiger partial charge in [0.2, 0.25) is 0 Å². The predicted molar refractivity (Wildman–Crippen MR) is 103 cm³/mol. The van der Waals surface area contributed by atoms with E-state index in [1.807, 2.05) is 68.9 Å². The number of para-hydroxylation sites is 1. The molecule has 2 atom stereocenters. The van der Waals surface area contributed by atoms with E-state index in [1.54, 1.807) is 0 Å².